The summed E-state index contributed by atoms with van der Waals surface area (Å²) in [6.07, 6.45) is 5.40. The molecular formula is C11H12N4O2. The molecule has 1 aliphatic heterocycles. The van der Waals surface area contributed by atoms with Gasteiger partial charge in [0.05, 0.1) is 6.20 Å². The average Bonchev–Trinajstić information content (AvgIpc) is 3.09. The van der Waals surface area contributed by atoms with E-state index in [1.54, 1.807) is 11.1 Å². The largest absolute Gasteiger partial charge is 0.438 e. The Hall–Kier alpha value is -2.11. The molecule has 0 radical (unpaired) electrons. The second kappa shape index (κ2) is 4.04. The first-order chi connectivity index (χ1) is 8.34. The van der Waals surface area contributed by atoms with Gasteiger partial charge in [0.1, 0.15) is 0 Å². The molecule has 1 amide bonds. The van der Waals surface area contributed by atoms with Crippen molar-refractivity contribution >= 4 is 5.91 Å². The maximum Gasteiger partial charge on any atom is 0.291 e. The van der Waals surface area contributed by atoms with Gasteiger partial charge < -0.3 is 9.32 Å². The van der Waals surface area contributed by atoms with E-state index in [4.69, 9.17) is 4.42 Å². The van der Waals surface area contributed by atoms with Gasteiger partial charge in [-0.1, -0.05) is 0 Å². The fourth-order valence-electron chi connectivity index (χ4n) is 2.17. The number of nitrogens with zero attached hydrogens (tertiary/aromatic N) is 3. The number of aromatic nitrogens is 3. The van der Waals surface area contributed by atoms with E-state index in [0.29, 0.717) is 18.2 Å². The van der Waals surface area contributed by atoms with Crippen LogP contribution < -0.4 is 0 Å². The van der Waals surface area contributed by atoms with E-state index in [0.717, 1.165) is 18.7 Å². The standard InChI is InChI=1S/C11H12N4O2/c16-11(10-5-12-7-17-10)15-4-2-8(6-15)9-1-3-13-14-9/h1,3,5,7-8H,2,4,6H2,(H,13,14)/t8-/m1/s1. The Morgan fingerprint density at radius 1 is 1.59 bits per heavy atom. The Bertz CT molecular complexity index is 492. The average molecular weight is 232 g/mol. The third-order valence-corrected chi connectivity index (χ3v) is 3.08. The normalized spacial score (nSPS) is 19.8. The van der Waals surface area contributed by atoms with Crippen LogP contribution in [0, 0.1) is 0 Å². The lowest BCUT2D eigenvalue weighted by molar-refractivity contribution is 0.0759. The molecule has 1 aliphatic rings. The predicted molar refractivity (Wildman–Crippen MR) is 58.4 cm³/mol. The summed E-state index contributed by atoms with van der Waals surface area (Å²) in [5.74, 6) is 0.546. The molecule has 1 N–H and O–H groups in total. The highest BCUT2D eigenvalue weighted by Crippen LogP contribution is 2.26. The number of aromatic amines is 1. The number of nitrogens with one attached hydrogen (secondary N) is 1. The quantitative estimate of drug-likeness (QED) is 0.839. The summed E-state index contributed by atoms with van der Waals surface area (Å²) < 4.78 is 5.01. The van der Waals surface area contributed by atoms with E-state index in [1.807, 2.05) is 6.07 Å². The summed E-state index contributed by atoms with van der Waals surface area (Å²) >= 11 is 0. The van der Waals surface area contributed by atoms with Crippen molar-refractivity contribution in [3.63, 3.8) is 0 Å². The van der Waals surface area contributed by atoms with Crippen LogP contribution in [0.25, 0.3) is 0 Å². The Morgan fingerprint density at radius 3 is 3.24 bits per heavy atom. The molecule has 88 valence electrons. The van der Waals surface area contributed by atoms with Gasteiger partial charge in [-0.15, -0.1) is 0 Å². The van der Waals surface area contributed by atoms with Crippen molar-refractivity contribution in [2.24, 2.45) is 0 Å². The zero-order chi connectivity index (χ0) is 11.7. The van der Waals surface area contributed by atoms with E-state index >= 15 is 0 Å². The highest BCUT2D eigenvalue weighted by molar-refractivity contribution is 5.91. The number of rotatable bonds is 2. The monoisotopic (exact) mass is 232 g/mol. The minimum atomic E-state index is -0.0930. The molecule has 0 unspecified atom stereocenters. The Morgan fingerprint density at radius 2 is 2.53 bits per heavy atom. The number of oxazole rings is 1. The number of carbonyl (C=O) groups excluding carboxylic acids is 1. The van der Waals surface area contributed by atoms with Crippen molar-refractivity contribution in [2.45, 2.75) is 12.3 Å². The minimum absolute atomic E-state index is 0.0930. The van der Waals surface area contributed by atoms with E-state index in [9.17, 15) is 4.79 Å². The van der Waals surface area contributed by atoms with Crippen LogP contribution >= 0.6 is 0 Å². The maximum atomic E-state index is 12.0. The van der Waals surface area contributed by atoms with Crippen LogP contribution in [0.4, 0.5) is 0 Å². The van der Waals surface area contributed by atoms with Crippen LogP contribution in [0.1, 0.15) is 28.6 Å². The lowest BCUT2D eigenvalue weighted by atomic mass is 10.1. The first-order valence-corrected chi connectivity index (χ1v) is 5.51. The van der Waals surface area contributed by atoms with Gasteiger partial charge in [0.25, 0.3) is 5.91 Å². The molecule has 3 rings (SSSR count). The fraction of sp³-hybridized carbons (Fsp3) is 0.364. The number of carbonyl (C=O) groups is 1. The topological polar surface area (TPSA) is 75.0 Å². The van der Waals surface area contributed by atoms with Crippen LogP contribution in [0.2, 0.25) is 0 Å². The summed E-state index contributed by atoms with van der Waals surface area (Å²) in [5, 5.41) is 6.88. The van der Waals surface area contributed by atoms with Gasteiger partial charge in [-0.2, -0.15) is 5.10 Å². The molecule has 3 heterocycles. The fourth-order valence-corrected chi connectivity index (χ4v) is 2.17. The van der Waals surface area contributed by atoms with Crippen molar-refractivity contribution in [3.05, 3.63) is 36.3 Å². The molecule has 2 aromatic rings. The SMILES string of the molecule is O=C(c1cnco1)N1CC[C@@H](c2ccn[nH]2)C1. The van der Waals surface area contributed by atoms with Gasteiger partial charge in [-0.05, 0) is 12.5 Å². The molecule has 17 heavy (non-hydrogen) atoms. The molecule has 0 saturated carbocycles. The van der Waals surface area contributed by atoms with Gasteiger partial charge in [-0.3, -0.25) is 9.89 Å². The number of hydrogen-bond donors (Lipinski definition) is 1. The molecule has 6 nitrogen and oxygen atoms in total. The summed E-state index contributed by atoms with van der Waals surface area (Å²) in [4.78, 5) is 17.5. The van der Waals surface area contributed by atoms with Crippen LogP contribution in [-0.2, 0) is 0 Å². The van der Waals surface area contributed by atoms with Gasteiger partial charge in [0.15, 0.2) is 6.39 Å². The van der Waals surface area contributed by atoms with Gasteiger partial charge in [-0.25, -0.2) is 4.98 Å². The zero-order valence-corrected chi connectivity index (χ0v) is 9.17. The Labute approximate surface area is 97.6 Å². The summed E-state index contributed by atoms with van der Waals surface area (Å²) in [7, 11) is 0. The van der Waals surface area contributed by atoms with Crippen LogP contribution in [0.5, 0.6) is 0 Å². The lowest BCUT2D eigenvalue weighted by Gasteiger charge is -2.13. The number of amides is 1. The van der Waals surface area contributed by atoms with Crippen molar-refractivity contribution < 1.29 is 9.21 Å². The third kappa shape index (κ3) is 1.82. The molecule has 0 aromatic carbocycles. The van der Waals surface area contributed by atoms with E-state index in [1.165, 1.54) is 12.6 Å². The highest BCUT2D eigenvalue weighted by Gasteiger charge is 2.29. The van der Waals surface area contributed by atoms with Crippen LogP contribution in [-0.4, -0.2) is 39.1 Å². The second-order valence-electron chi connectivity index (χ2n) is 4.11. The molecule has 1 atom stereocenters. The van der Waals surface area contributed by atoms with Crippen molar-refractivity contribution in [1.82, 2.24) is 20.1 Å². The number of H-pyrrole nitrogens is 1. The molecule has 1 fully saturated rings. The van der Waals surface area contributed by atoms with E-state index in [-0.39, 0.29) is 5.91 Å². The smallest absolute Gasteiger partial charge is 0.291 e. The van der Waals surface area contributed by atoms with Gasteiger partial charge in [0, 0.05) is 30.9 Å². The molecular weight excluding hydrogens is 220 g/mol. The third-order valence-electron chi connectivity index (χ3n) is 3.08. The molecule has 1 saturated heterocycles. The lowest BCUT2D eigenvalue weighted by Crippen LogP contribution is -2.28. The first-order valence-electron chi connectivity index (χ1n) is 5.51. The molecule has 0 aliphatic carbocycles. The van der Waals surface area contributed by atoms with Crippen molar-refractivity contribution in [2.75, 3.05) is 13.1 Å². The van der Waals surface area contributed by atoms with Gasteiger partial charge in [0.2, 0.25) is 5.76 Å². The zero-order valence-electron chi connectivity index (χ0n) is 9.17. The molecule has 6 heteroatoms. The number of likely N-dealkylation sites (tertiary alicyclic amines) is 1. The molecule has 0 spiro atoms. The van der Waals surface area contributed by atoms with E-state index < -0.39 is 0 Å². The maximum absolute atomic E-state index is 12.0. The Balaban J connectivity index is 1.70. The summed E-state index contributed by atoms with van der Waals surface area (Å²) in [6.45, 7) is 1.44. The highest BCUT2D eigenvalue weighted by atomic mass is 16.3. The molecule has 2 aromatic heterocycles. The van der Waals surface area contributed by atoms with E-state index in [2.05, 4.69) is 15.2 Å². The minimum Gasteiger partial charge on any atom is -0.438 e. The van der Waals surface area contributed by atoms with Crippen LogP contribution in [0.15, 0.2) is 29.3 Å². The van der Waals surface area contributed by atoms with Gasteiger partial charge >= 0.3 is 0 Å². The number of hydrogen-bond acceptors (Lipinski definition) is 4. The van der Waals surface area contributed by atoms with Crippen LogP contribution in [0.3, 0.4) is 0 Å². The van der Waals surface area contributed by atoms with Crippen molar-refractivity contribution in [3.8, 4) is 0 Å². The summed E-state index contributed by atoms with van der Waals surface area (Å²) in [6, 6.07) is 1.95. The predicted octanol–water partition coefficient (Wildman–Crippen LogP) is 1.03. The summed E-state index contributed by atoms with van der Waals surface area (Å²) in [5.41, 5.74) is 1.08. The first kappa shape index (κ1) is 10.1. The second-order valence-corrected chi connectivity index (χ2v) is 4.11. The van der Waals surface area contributed by atoms with Crippen molar-refractivity contribution in [1.29, 1.82) is 0 Å². The molecule has 0 bridgehead atoms. The Kier molecular flexibility index (Phi) is 2.40.